The first-order chi connectivity index (χ1) is 14.1. The summed E-state index contributed by atoms with van der Waals surface area (Å²) in [5, 5.41) is 14.2. The minimum absolute atomic E-state index is 0.112. The molecule has 0 saturated heterocycles. The van der Waals surface area contributed by atoms with Gasteiger partial charge in [-0.2, -0.15) is 4.37 Å². The Bertz CT molecular complexity index is 937. The highest BCUT2D eigenvalue weighted by atomic mass is 32.1. The minimum Gasteiger partial charge on any atom is -0.477 e. The number of hydrogen-bond acceptors (Lipinski definition) is 6. The number of aryl methyl sites for hydroxylation is 1. The quantitative estimate of drug-likeness (QED) is 0.404. The summed E-state index contributed by atoms with van der Waals surface area (Å²) in [6, 6.07) is 0.174. The molecule has 12 heteroatoms. The van der Waals surface area contributed by atoms with Crippen LogP contribution in [0, 0.1) is 24.4 Å². The molecule has 2 amide bonds. The van der Waals surface area contributed by atoms with Crippen LogP contribution in [0.15, 0.2) is 6.07 Å². The number of anilines is 1. The number of hydrogen-bond donors (Lipinski definition) is 3. The molecule has 0 saturated carbocycles. The third-order valence-corrected chi connectivity index (χ3v) is 4.70. The van der Waals surface area contributed by atoms with E-state index in [0.29, 0.717) is 24.5 Å². The summed E-state index contributed by atoms with van der Waals surface area (Å²) < 4.78 is 50.5. The average molecular weight is 446 g/mol. The van der Waals surface area contributed by atoms with Crippen molar-refractivity contribution in [3.8, 4) is 5.88 Å². The van der Waals surface area contributed by atoms with Gasteiger partial charge in [-0.05, 0) is 57.1 Å². The van der Waals surface area contributed by atoms with Gasteiger partial charge in [0.2, 0.25) is 5.88 Å². The van der Waals surface area contributed by atoms with Crippen molar-refractivity contribution in [3.05, 3.63) is 40.2 Å². The Morgan fingerprint density at radius 2 is 1.97 bits per heavy atom. The van der Waals surface area contributed by atoms with Gasteiger partial charge in [0.05, 0.1) is 5.56 Å². The Kier molecular flexibility index (Phi) is 8.00. The fourth-order valence-electron chi connectivity index (χ4n) is 2.42. The average Bonchev–Trinajstić information content (AvgIpc) is 3.05. The van der Waals surface area contributed by atoms with Crippen LogP contribution in [0.5, 0.6) is 5.88 Å². The van der Waals surface area contributed by atoms with Crippen LogP contribution in [0.2, 0.25) is 0 Å². The maximum absolute atomic E-state index is 14.0. The highest BCUT2D eigenvalue weighted by molar-refractivity contribution is 7.11. The van der Waals surface area contributed by atoms with Crippen LogP contribution >= 0.6 is 11.5 Å². The van der Waals surface area contributed by atoms with Crippen LogP contribution < -0.4 is 15.4 Å². The van der Waals surface area contributed by atoms with Gasteiger partial charge in [-0.1, -0.05) is 0 Å². The van der Waals surface area contributed by atoms with Gasteiger partial charge < -0.3 is 20.1 Å². The lowest BCUT2D eigenvalue weighted by molar-refractivity contribution is 0.0693. The normalized spacial score (nSPS) is 10.9. The summed E-state index contributed by atoms with van der Waals surface area (Å²) in [7, 11) is 3.78. The van der Waals surface area contributed by atoms with E-state index in [0.717, 1.165) is 12.6 Å². The molecule has 1 aromatic carbocycles. The van der Waals surface area contributed by atoms with Crippen molar-refractivity contribution in [2.75, 3.05) is 32.5 Å². The second kappa shape index (κ2) is 10.3. The van der Waals surface area contributed by atoms with E-state index in [2.05, 4.69) is 15.0 Å². The molecule has 164 valence electrons. The zero-order chi connectivity index (χ0) is 22.4. The van der Waals surface area contributed by atoms with E-state index in [1.54, 1.807) is 0 Å². The summed E-state index contributed by atoms with van der Waals surface area (Å²) in [6.07, 6.45) is 0.688. The van der Waals surface area contributed by atoms with E-state index in [1.165, 1.54) is 6.92 Å². The van der Waals surface area contributed by atoms with Gasteiger partial charge in [0.25, 0.3) is 0 Å². The SMILES string of the molecule is Cc1cc(F)c(COc2nsc(NC(=O)NCCCN(C)C)c2C(=O)O)c(F)c1F. The van der Waals surface area contributed by atoms with Crippen LogP contribution in [-0.4, -0.2) is 53.6 Å². The zero-order valence-electron chi connectivity index (χ0n) is 16.5. The smallest absolute Gasteiger partial charge is 0.344 e. The molecule has 2 rings (SSSR count). The number of carboxylic acids is 1. The van der Waals surface area contributed by atoms with Gasteiger partial charge in [-0.15, -0.1) is 0 Å². The standard InChI is InChI=1S/C18H21F3N4O4S/c1-9-7-11(19)10(14(21)13(9)20)8-29-15-12(17(26)27)16(30-24-15)23-18(28)22-5-4-6-25(2)3/h7H,4-6,8H2,1-3H3,(H,26,27)(H2,22,23,28). The number of benzene rings is 1. The van der Waals surface area contributed by atoms with E-state index >= 15 is 0 Å². The number of ether oxygens (including phenoxy) is 1. The van der Waals surface area contributed by atoms with Gasteiger partial charge in [-0.25, -0.2) is 22.8 Å². The van der Waals surface area contributed by atoms with Gasteiger partial charge in [-0.3, -0.25) is 5.32 Å². The number of halogens is 3. The van der Waals surface area contributed by atoms with Crippen molar-refractivity contribution in [1.29, 1.82) is 0 Å². The summed E-state index contributed by atoms with van der Waals surface area (Å²) in [5.41, 5.74) is -1.39. The Morgan fingerprint density at radius 3 is 2.60 bits per heavy atom. The molecule has 0 spiro atoms. The second-order valence-corrected chi connectivity index (χ2v) is 7.38. The van der Waals surface area contributed by atoms with Crippen molar-refractivity contribution in [2.24, 2.45) is 0 Å². The molecule has 0 aliphatic heterocycles. The van der Waals surface area contributed by atoms with E-state index in [-0.39, 0.29) is 10.6 Å². The van der Waals surface area contributed by atoms with E-state index in [9.17, 15) is 27.9 Å². The number of urea groups is 1. The number of aromatic carboxylic acids is 1. The molecule has 0 unspecified atom stereocenters. The fourth-order valence-corrected chi connectivity index (χ4v) is 3.14. The molecule has 1 heterocycles. The number of aromatic nitrogens is 1. The summed E-state index contributed by atoms with van der Waals surface area (Å²) in [5.74, 6) is -5.59. The predicted molar refractivity (Wildman–Crippen MR) is 105 cm³/mol. The molecule has 0 radical (unpaired) electrons. The van der Waals surface area contributed by atoms with Crippen LogP contribution in [-0.2, 0) is 6.61 Å². The number of rotatable bonds is 9. The number of nitrogens with zero attached hydrogens (tertiary/aromatic N) is 2. The number of carbonyl (C=O) groups excluding carboxylic acids is 1. The van der Waals surface area contributed by atoms with Crippen LogP contribution in [0.4, 0.5) is 23.0 Å². The first-order valence-corrected chi connectivity index (χ1v) is 9.57. The molecular weight excluding hydrogens is 425 g/mol. The van der Waals surface area contributed by atoms with Gasteiger partial charge in [0.1, 0.15) is 17.4 Å². The molecule has 0 aliphatic rings. The molecule has 3 N–H and O–H groups in total. The van der Waals surface area contributed by atoms with Crippen LogP contribution in [0.3, 0.4) is 0 Å². The summed E-state index contributed by atoms with van der Waals surface area (Å²) in [4.78, 5) is 25.5. The molecule has 30 heavy (non-hydrogen) atoms. The second-order valence-electron chi connectivity index (χ2n) is 6.61. The third-order valence-electron chi connectivity index (χ3n) is 3.96. The van der Waals surface area contributed by atoms with Crippen molar-refractivity contribution >= 4 is 28.5 Å². The zero-order valence-corrected chi connectivity index (χ0v) is 17.3. The lowest BCUT2D eigenvalue weighted by Gasteiger charge is -2.10. The molecule has 0 bridgehead atoms. The molecule has 0 fully saturated rings. The molecule has 0 aliphatic carbocycles. The van der Waals surface area contributed by atoms with Crippen LogP contribution in [0.1, 0.15) is 27.9 Å². The molecule has 1 aromatic heterocycles. The van der Waals surface area contributed by atoms with Gasteiger partial charge in [0, 0.05) is 6.54 Å². The first-order valence-electron chi connectivity index (χ1n) is 8.80. The van der Waals surface area contributed by atoms with E-state index in [1.807, 2.05) is 19.0 Å². The Balaban J connectivity index is 2.09. The van der Waals surface area contributed by atoms with E-state index in [4.69, 9.17) is 4.74 Å². The highest BCUT2D eigenvalue weighted by Gasteiger charge is 2.25. The van der Waals surface area contributed by atoms with Crippen molar-refractivity contribution in [1.82, 2.24) is 14.6 Å². The third kappa shape index (κ3) is 5.83. The molecule has 2 aromatic rings. The maximum atomic E-state index is 14.0. The highest BCUT2D eigenvalue weighted by Crippen LogP contribution is 2.31. The molecular formula is C18H21F3N4O4S. The number of amides is 2. The van der Waals surface area contributed by atoms with Crippen molar-refractivity contribution in [2.45, 2.75) is 20.0 Å². The Hall–Kier alpha value is -2.86. The first kappa shape index (κ1) is 23.4. The topological polar surface area (TPSA) is 104 Å². The lowest BCUT2D eigenvalue weighted by Crippen LogP contribution is -2.31. The Morgan fingerprint density at radius 1 is 1.27 bits per heavy atom. The minimum atomic E-state index is -1.46. The monoisotopic (exact) mass is 446 g/mol. The van der Waals surface area contributed by atoms with Crippen LogP contribution in [0.25, 0.3) is 0 Å². The Labute approximate surface area is 174 Å². The molecule has 8 nitrogen and oxygen atoms in total. The van der Waals surface area contributed by atoms with Gasteiger partial charge >= 0.3 is 12.0 Å². The van der Waals surface area contributed by atoms with Crippen molar-refractivity contribution < 1.29 is 32.6 Å². The fraction of sp³-hybridized carbons (Fsp3) is 0.389. The van der Waals surface area contributed by atoms with Gasteiger partial charge in [0.15, 0.2) is 17.2 Å². The maximum Gasteiger partial charge on any atom is 0.344 e. The van der Waals surface area contributed by atoms with E-state index < -0.39 is 53.1 Å². The number of nitrogens with one attached hydrogen (secondary N) is 2. The predicted octanol–water partition coefficient (Wildman–Crippen LogP) is 3.22. The number of carboxylic acid groups (broad SMARTS) is 1. The summed E-state index contributed by atoms with van der Waals surface area (Å²) in [6.45, 7) is 1.55. The number of carbonyl (C=O) groups is 2. The summed E-state index contributed by atoms with van der Waals surface area (Å²) >= 11 is 0.628. The molecule has 0 atom stereocenters. The lowest BCUT2D eigenvalue weighted by atomic mass is 10.1. The van der Waals surface area contributed by atoms with Crippen molar-refractivity contribution in [3.63, 3.8) is 0 Å². The largest absolute Gasteiger partial charge is 0.477 e.